The zero-order valence-corrected chi connectivity index (χ0v) is 14.2. The molecular formula is C17H17ClN2O2S. The lowest BCUT2D eigenvalue weighted by molar-refractivity contribution is -0.114. The molecule has 4 nitrogen and oxygen atoms in total. The molecule has 120 valence electrons. The number of hydrogen-bond donors (Lipinski definition) is 2. The van der Waals surface area contributed by atoms with E-state index in [0.29, 0.717) is 5.02 Å². The third-order valence-corrected chi connectivity index (χ3v) is 4.15. The molecule has 0 bridgehead atoms. The van der Waals surface area contributed by atoms with Gasteiger partial charge >= 0.3 is 0 Å². The summed E-state index contributed by atoms with van der Waals surface area (Å²) >= 11 is 7.14. The number of hydrogen-bond acceptors (Lipinski definition) is 3. The van der Waals surface area contributed by atoms with E-state index in [9.17, 15) is 9.59 Å². The highest BCUT2D eigenvalue weighted by Gasteiger charge is 2.08. The topological polar surface area (TPSA) is 58.2 Å². The molecule has 0 fully saturated rings. The minimum Gasteiger partial charge on any atom is -0.325 e. The molecule has 0 unspecified atom stereocenters. The van der Waals surface area contributed by atoms with Gasteiger partial charge in [-0.2, -0.15) is 0 Å². The minimum atomic E-state index is -0.145. The number of carbonyl (C=O) groups is 2. The van der Waals surface area contributed by atoms with Crippen molar-refractivity contribution in [3.63, 3.8) is 0 Å². The average molecular weight is 349 g/mol. The molecule has 23 heavy (non-hydrogen) atoms. The van der Waals surface area contributed by atoms with Crippen LogP contribution in [0.5, 0.6) is 0 Å². The Kier molecular flexibility index (Phi) is 6.50. The van der Waals surface area contributed by atoms with Crippen LogP contribution in [0.3, 0.4) is 0 Å². The van der Waals surface area contributed by atoms with Gasteiger partial charge < -0.3 is 10.6 Å². The number of aryl methyl sites for hydroxylation is 1. The summed E-state index contributed by atoms with van der Waals surface area (Å²) in [6, 6.07) is 14.5. The van der Waals surface area contributed by atoms with E-state index >= 15 is 0 Å². The largest absolute Gasteiger partial charge is 0.325 e. The van der Waals surface area contributed by atoms with Crippen molar-refractivity contribution in [2.45, 2.75) is 6.92 Å². The number of amides is 2. The van der Waals surface area contributed by atoms with Gasteiger partial charge in [-0.05, 0) is 42.8 Å². The van der Waals surface area contributed by atoms with Crippen LogP contribution >= 0.6 is 23.4 Å². The number of halogens is 1. The number of anilines is 2. The number of thioether (sulfide) groups is 1. The predicted molar refractivity (Wildman–Crippen MR) is 97.2 cm³/mol. The van der Waals surface area contributed by atoms with E-state index in [0.717, 1.165) is 16.9 Å². The molecule has 2 aromatic rings. The van der Waals surface area contributed by atoms with Gasteiger partial charge in [0.2, 0.25) is 11.8 Å². The second-order valence-corrected chi connectivity index (χ2v) is 6.34. The molecule has 0 saturated heterocycles. The van der Waals surface area contributed by atoms with Crippen molar-refractivity contribution in [2.75, 3.05) is 22.1 Å². The van der Waals surface area contributed by atoms with E-state index in [2.05, 4.69) is 10.6 Å². The molecule has 0 radical (unpaired) electrons. The maximum Gasteiger partial charge on any atom is 0.234 e. The van der Waals surface area contributed by atoms with Crippen LogP contribution in [0, 0.1) is 6.92 Å². The smallest absolute Gasteiger partial charge is 0.234 e. The Balaban J connectivity index is 1.73. The Labute approximate surface area is 144 Å². The SMILES string of the molecule is Cc1cc(Cl)ccc1NC(=O)CSCC(=O)Nc1ccccc1. The molecule has 0 aliphatic carbocycles. The van der Waals surface area contributed by atoms with Gasteiger partial charge in [-0.15, -0.1) is 11.8 Å². The summed E-state index contributed by atoms with van der Waals surface area (Å²) < 4.78 is 0. The monoisotopic (exact) mass is 348 g/mol. The van der Waals surface area contributed by atoms with Crippen molar-refractivity contribution in [2.24, 2.45) is 0 Å². The van der Waals surface area contributed by atoms with Crippen LogP contribution in [0.2, 0.25) is 5.02 Å². The second kappa shape index (κ2) is 8.60. The fraction of sp³-hybridized carbons (Fsp3) is 0.176. The van der Waals surface area contributed by atoms with E-state index in [1.54, 1.807) is 18.2 Å². The number of rotatable bonds is 6. The summed E-state index contributed by atoms with van der Waals surface area (Å²) in [4.78, 5) is 23.7. The molecule has 2 N–H and O–H groups in total. The molecule has 0 heterocycles. The van der Waals surface area contributed by atoms with Gasteiger partial charge in [0, 0.05) is 16.4 Å². The lowest BCUT2D eigenvalue weighted by Crippen LogP contribution is -2.18. The first-order chi connectivity index (χ1) is 11.0. The highest BCUT2D eigenvalue weighted by Crippen LogP contribution is 2.19. The van der Waals surface area contributed by atoms with Gasteiger partial charge in [0.25, 0.3) is 0 Å². The van der Waals surface area contributed by atoms with Crippen LogP contribution in [0.1, 0.15) is 5.56 Å². The molecule has 0 aliphatic heterocycles. The van der Waals surface area contributed by atoms with Gasteiger partial charge in [0.15, 0.2) is 0 Å². The Morgan fingerprint density at radius 3 is 2.30 bits per heavy atom. The first-order valence-electron chi connectivity index (χ1n) is 7.03. The van der Waals surface area contributed by atoms with Crippen molar-refractivity contribution in [1.29, 1.82) is 0 Å². The van der Waals surface area contributed by atoms with Crippen LogP contribution < -0.4 is 10.6 Å². The number of carbonyl (C=O) groups excluding carboxylic acids is 2. The molecule has 0 aliphatic rings. The Bertz CT molecular complexity index is 692. The van der Waals surface area contributed by atoms with Gasteiger partial charge in [-0.25, -0.2) is 0 Å². The van der Waals surface area contributed by atoms with Gasteiger partial charge in [-0.1, -0.05) is 29.8 Å². The fourth-order valence-electron chi connectivity index (χ4n) is 1.91. The van der Waals surface area contributed by atoms with Gasteiger partial charge in [0.1, 0.15) is 0 Å². The van der Waals surface area contributed by atoms with Crippen molar-refractivity contribution in [3.8, 4) is 0 Å². The third-order valence-electron chi connectivity index (χ3n) is 2.99. The van der Waals surface area contributed by atoms with E-state index in [4.69, 9.17) is 11.6 Å². The molecular weight excluding hydrogens is 332 g/mol. The fourth-order valence-corrected chi connectivity index (χ4v) is 2.75. The quantitative estimate of drug-likeness (QED) is 0.830. The summed E-state index contributed by atoms with van der Waals surface area (Å²) in [5, 5.41) is 6.22. The summed E-state index contributed by atoms with van der Waals surface area (Å²) in [5.41, 5.74) is 2.38. The zero-order valence-electron chi connectivity index (χ0n) is 12.6. The van der Waals surface area contributed by atoms with Crippen LogP contribution in [0.25, 0.3) is 0 Å². The van der Waals surface area contributed by atoms with Gasteiger partial charge in [0.05, 0.1) is 11.5 Å². The maximum atomic E-state index is 11.9. The van der Waals surface area contributed by atoms with Crippen molar-refractivity contribution >= 4 is 46.6 Å². The van der Waals surface area contributed by atoms with Crippen LogP contribution in [-0.2, 0) is 9.59 Å². The Morgan fingerprint density at radius 1 is 1.00 bits per heavy atom. The predicted octanol–water partition coefficient (Wildman–Crippen LogP) is 3.96. The molecule has 0 atom stereocenters. The second-order valence-electron chi connectivity index (χ2n) is 4.91. The first kappa shape index (κ1) is 17.4. The van der Waals surface area contributed by atoms with E-state index in [-0.39, 0.29) is 23.3 Å². The highest BCUT2D eigenvalue weighted by molar-refractivity contribution is 8.00. The van der Waals surface area contributed by atoms with Crippen LogP contribution in [-0.4, -0.2) is 23.3 Å². The minimum absolute atomic E-state index is 0.128. The summed E-state index contributed by atoms with van der Waals surface area (Å²) in [7, 11) is 0. The standard InChI is InChI=1S/C17H17ClN2O2S/c1-12-9-13(18)7-8-15(12)20-17(22)11-23-10-16(21)19-14-5-3-2-4-6-14/h2-9H,10-11H2,1H3,(H,19,21)(H,20,22). The molecule has 0 spiro atoms. The van der Waals surface area contributed by atoms with E-state index < -0.39 is 0 Å². The lowest BCUT2D eigenvalue weighted by atomic mass is 10.2. The summed E-state index contributed by atoms with van der Waals surface area (Å²) in [5.74, 6) is 0.163. The van der Waals surface area contributed by atoms with Crippen LogP contribution in [0.4, 0.5) is 11.4 Å². The molecule has 0 saturated carbocycles. The zero-order chi connectivity index (χ0) is 16.7. The Morgan fingerprint density at radius 2 is 1.65 bits per heavy atom. The molecule has 0 aromatic heterocycles. The van der Waals surface area contributed by atoms with Crippen LogP contribution in [0.15, 0.2) is 48.5 Å². The Hall–Kier alpha value is -1.98. The molecule has 6 heteroatoms. The third kappa shape index (κ3) is 5.96. The van der Waals surface area contributed by atoms with Gasteiger partial charge in [-0.3, -0.25) is 9.59 Å². The first-order valence-corrected chi connectivity index (χ1v) is 8.56. The molecule has 2 aromatic carbocycles. The number of benzene rings is 2. The summed E-state index contributed by atoms with van der Waals surface area (Å²) in [6.45, 7) is 1.88. The van der Waals surface area contributed by atoms with E-state index in [1.165, 1.54) is 11.8 Å². The average Bonchev–Trinajstić information content (AvgIpc) is 2.51. The van der Waals surface area contributed by atoms with Crippen molar-refractivity contribution in [3.05, 3.63) is 59.1 Å². The summed E-state index contributed by atoms with van der Waals surface area (Å²) in [6.07, 6.45) is 0. The molecule has 2 rings (SSSR count). The lowest BCUT2D eigenvalue weighted by Gasteiger charge is -2.09. The van der Waals surface area contributed by atoms with Crippen molar-refractivity contribution in [1.82, 2.24) is 0 Å². The number of para-hydroxylation sites is 1. The maximum absolute atomic E-state index is 11.9. The normalized spacial score (nSPS) is 10.2. The highest BCUT2D eigenvalue weighted by atomic mass is 35.5. The van der Waals surface area contributed by atoms with Crippen molar-refractivity contribution < 1.29 is 9.59 Å². The number of nitrogens with one attached hydrogen (secondary N) is 2. The van der Waals surface area contributed by atoms with E-state index in [1.807, 2.05) is 37.3 Å². The molecule has 2 amide bonds.